The highest BCUT2D eigenvalue weighted by molar-refractivity contribution is 7.91. The van der Waals surface area contributed by atoms with E-state index < -0.39 is 16.1 Å². The standard InChI is InChI=1S/C13H18N2O3S2/c1-10-5-6-13(19-10)20(17,18)14-8-7-12(16)11-4-3-9-15(11)2/h3-6,9,12,14,16H,7-8H2,1-2H3. The zero-order chi connectivity index (χ0) is 14.8. The van der Waals surface area contributed by atoms with Gasteiger partial charge in [0, 0.05) is 30.4 Å². The topological polar surface area (TPSA) is 71.3 Å². The van der Waals surface area contributed by atoms with Crippen LogP contribution in [0.4, 0.5) is 0 Å². The van der Waals surface area contributed by atoms with Gasteiger partial charge >= 0.3 is 0 Å². The van der Waals surface area contributed by atoms with Gasteiger partial charge in [-0.15, -0.1) is 11.3 Å². The van der Waals surface area contributed by atoms with Crippen molar-refractivity contribution in [2.75, 3.05) is 6.54 Å². The van der Waals surface area contributed by atoms with Crippen LogP contribution in [0.3, 0.4) is 0 Å². The number of nitrogens with zero attached hydrogens (tertiary/aromatic N) is 1. The summed E-state index contributed by atoms with van der Waals surface area (Å²) < 4.78 is 28.6. The maximum atomic E-state index is 12.0. The van der Waals surface area contributed by atoms with E-state index in [9.17, 15) is 13.5 Å². The molecule has 1 unspecified atom stereocenters. The van der Waals surface area contributed by atoms with Crippen molar-refractivity contribution < 1.29 is 13.5 Å². The van der Waals surface area contributed by atoms with Crippen LogP contribution in [0.5, 0.6) is 0 Å². The number of nitrogens with one attached hydrogen (secondary N) is 1. The van der Waals surface area contributed by atoms with Gasteiger partial charge < -0.3 is 9.67 Å². The third kappa shape index (κ3) is 3.49. The fraction of sp³-hybridized carbons (Fsp3) is 0.385. The predicted molar refractivity (Wildman–Crippen MR) is 79.2 cm³/mol. The molecule has 0 bridgehead atoms. The molecule has 20 heavy (non-hydrogen) atoms. The Balaban J connectivity index is 1.91. The minimum Gasteiger partial charge on any atom is -0.387 e. The van der Waals surface area contributed by atoms with Gasteiger partial charge in [-0.1, -0.05) is 0 Å². The third-order valence-electron chi connectivity index (χ3n) is 3.02. The first kappa shape index (κ1) is 15.2. The largest absolute Gasteiger partial charge is 0.387 e. The molecule has 2 aromatic rings. The van der Waals surface area contributed by atoms with Crippen LogP contribution in [0.2, 0.25) is 0 Å². The summed E-state index contributed by atoms with van der Waals surface area (Å²) in [6, 6.07) is 7.03. The van der Waals surface area contributed by atoms with E-state index in [4.69, 9.17) is 0 Å². The molecule has 0 amide bonds. The molecule has 110 valence electrons. The second-order valence-corrected chi connectivity index (χ2v) is 7.89. The Morgan fingerprint density at radius 2 is 2.15 bits per heavy atom. The SMILES string of the molecule is Cc1ccc(S(=O)(=O)NCCC(O)c2cccn2C)s1. The predicted octanol–water partition coefficient (Wildman–Crippen LogP) is 1.80. The van der Waals surface area contributed by atoms with Crippen LogP contribution < -0.4 is 4.72 Å². The molecule has 0 radical (unpaired) electrons. The Labute approximate surface area is 122 Å². The number of aromatic nitrogens is 1. The van der Waals surface area contributed by atoms with E-state index >= 15 is 0 Å². The summed E-state index contributed by atoms with van der Waals surface area (Å²) in [5.74, 6) is 0. The normalized spacial score (nSPS) is 13.6. The number of aliphatic hydroxyl groups is 1. The lowest BCUT2D eigenvalue weighted by molar-refractivity contribution is 0.161. The van der Waals surface area contributed by atoms with Crippen LogP contribution in [0, 0.1) is 6.92 Å². The molecule has 2 rings (SSSR count). The Bertz CT molecular complexity index is 673. The molecule has 1 atom stereocenters. The van der Waals surface area contributed by atoms with Gasteiger partial charge in [-0.2, -0.15) is 0 Å². The van der Waals surface area contributed by atoms with E-state index in [-0.39, 0.29) is 6.54 Å². The van der Waals surface area contributed by atoms with E-state index in [0.717, 1.165) is 10.6 Å². The lowest BCUT2D eigenvalue weighted by Crippen LogP contribution is -2.25. The molecule has 0 aliphatic carbocycles. The lowest BCUT2D eigenvalue weighted by Gasteiger charge is -2.12. The van der Waals surface area contributed by atoms with Crippen LogP contribution in [-0.2, 0) is 17.1 Å². The van der Waals surface area contributed by atoms with Gasteiger partial charge in [0.1, 0.15) is 4.21 Å². The molecular weight excluding hydrogens is 296 g/mol. The molecule has 2 aromatic heterocycles. The Hall–Kier alpha value is -1.15. The zero-order valence-corrected chi connectivity index (χ0v) is 13.0. The fourth-order valence-corrected chi connectivity index (χ4v) is 4.30. The smallest absolute Gasteiger partial charge is 0.250 e. The number of sulfonamides is 1. The highest BCUT2D eigenvalue weighted by atomic mass is 32.2. The minimum absolute atomic E-state index is 0.200. The van der Waals surface area contributed by atoms with Crippen molar-refractivity contribution in [2.45, 2.75) is 23.7 Å². The van der Waals surface area contributed by atoms with E-state index in [1.165, 1.54) is 11.3 Å². The van der Waals surface area contributed by atoms with Crippen LogP contribution >= 0.6 is 11.3 Å². The molecule has 0 saturated carbocycles. The number of aryl methyl sites for hydroxylation is 2. The van der Waals surface area contributed by atoms with E-state index in [1.807, 2.05) is 36.9 Å². The average molecular weight is 314 g/mol. The number of aliphatic hydroxyl groups excluding tert-OH is 1. The molecule has 0 aliphatic rings. The van der Waals surface area contributed by atoms with Gasteiger partial charge in [0.15, 0.2) is 0 Å². The van der Waals surface area contributed by atoms with Crippen molar-refractivity contribution in [1.82, 2.24) is 9.29 Å². The highest BCUT2D eigenvalue weighted by Crippen LogP contribution is 2.21. The molecule has 0 spiro atoms. The van der Waals surface area contributed by atoms with Crippen LogP contribution in [-0.4, -0.2) is 24.6 Å². The van der Waals surface area contributed by atoms with Crippen molar-refractivity contribution in [1.29, 1.82) is 0 Å². The summed E-state index contributed by atoms with van der Waals surface area (Å²) in [4.78, 5) is 0.953. The highest BCUT2D eigenvalue weighted by Gasteiger charge is 2.17. The fourth-order valence-electron chi connectivity index (χ4n) is 1.93. The van der Waals surface area contributed by atoms with Crippen molar-refractivity contribution in [3.05, 3.63) is 41.0 Å². The van der Waals surface area contributed by atoms with Gasteiger partial charge in [-0.25, -0.2) is 13.1 Å². The Morgan fingerprint density at radius 1 is 1.40 bits per heavy atom. The summed E-state index contributed by atoms with van der Waals surface area (Å²) in [6.07, 6.45) is 1.50. The number of hydrogen-bond donors (Lipinski definition) is 2. The van der Waals surface area contributed by atoms with Crippen LogP contribution in [0.25, 0.3) is 0 Å². The van der Waals surface area contributed by atoms with Crippen molar-refractivity contribution in [3.63, 3.8) is 0 Å². The second kappa shape index (κ2) is 6.09. The van der Waals surface area contributed by atoms with E-state index in [1.54, 1.807) is 12.1 Å². The number of rotatable bonds is 6. The first-order chi connectivity index (χ1) is 9.40. The first-order valence-electron chi connectivity index (χ1n) is 6.25. The maximum Gasteiger partial charge on any atom is 0.250 e. The minimum atomic E-state index is -3.46. The van der Waals surface area contributed by atoms with Gasteiger partial charge in [0.25, 0.3) is 0 Å². The molecule has 0 saturated heterocycles. The summed E-state index contributed by atoms with van der Waals surface area (Å²) >= 11 is 1.24. The zero-order valence-electron chi connectivity index (χ0n) is 11.4. The maximum absolute atomic E-state index is 12.0. The molecule has 2 N–H and O–H groups in total. The Kier molecular flexibility index (Phi) is 4.64. The quantitative estimate of drug-likeness (QED) is 0.854. The van der Waals surface area contributed by atoms with Gasteiger partial charge in [-0.05, 0) is 37.6 Å². The van der Waals surface area contributed by atoms with Gasteiger partial charge in [0.05, 0.1) is 6.10 Å². The molecule has 5 nitrogen and oxygen atoms in total. The molecular formula is C13H18N2O3S2. The lowest BCUT2D eigenvalue weighted by atomic mass is 10.2. The van der Waals surface area contributed by atoms with Crippen LogP contribution in [0.1, 0.15) is 23.1 Å². The summed E-state index contributed by atoms with van der Waals surface area (Å²) in [5, 5.41) is 10.0. The number of hydrogen-bond acceptors (Lipinski definition) is 4. The molecule has 0 aromatic carbocycles. The van der Waals surface area contributed by atoms with Crippen molar-refractivity contribution in [2.24, 2.45) is 7.05 Å². The van der Waals surface area contributed by atoms with E-state index in [2.05, 4.69) is 4.72 Å². The van der Waals surface area contributed by atoms with Crippen molar-refractivity contribution >= 4 is 21.4 Å². The molecule has 7 heteroatoms. The summed E-state index contributed by atoms with van der Waals surface area (Å²) in [6.45, 7) is 2.06. The van der Waals surface area contributed by atoms with E-state index in [0.29, 0.717) is 10.6 Å². The monoisotopic (exact) mass is 314 g/mol. The van der Waals surface area contributed by atoms with Gasteiger partial charge in [-0.3, -0.25) is 0 Å². The average Bonchev–Trinajstić information content (AvgIpc) is 2.98. The molecule has 0 aliphatic heterocycles. The first-order valence-corrected chi connectivity index (χ1v) is 8.55. The Morgan fingerprint density at radius 3 is 2.70 bits per heavy atom. The summed E-state index contributed by atoms with van der Waals surface area (Å²) in [5.41, 5.74) is 0.774. The summed E-state index contributed by atoms with van der Waals surface area (Å²) in [7, 11) is -1.62. The third-order valence-corrected chi connectivity index (χ3v) is 5.97. The molecule has 2 heterocycles. The van der Waals surface area contributed by atoms with Crippen molar-refractivity contribution in [3.8, 4) is 0 Å². The number of thiophene rings is 1. The van der Waals surface area contributed by atoms with Gasteiger partial charge in [0.2, 0.25) is 10.0 Å². The molecule has 0 fully saturated rings. The van der Waals surface area contributed by atoms with Crippen LogP contribution in [0.15, 0.2) is 34.7 Å². The second-order valence-electron chi connectivity index (χ2n) is 4.61.